The molecule has 0 rings (SSSR count). The summed E-state index contributed by atoms with van der Waals surface area (Å²) < 4.78 is 0.685. The van der Waals surface area contributed by atoms with Gasteiger partial charge in [0, 0.05) is 6.04 Å². The van der Waals surface area contributed by atoms with E-state index in [1.807, 2.05) is 0 Å². The van der Waals surface area contributed by atoms with Gasteiger partial charge >= 0.3 is 0 Å². The third-order valence-electron chi connectivity index (χ3n) is 2.39. The Balaban J connectivity index is 3.90. The molecule has 0 bridgehead atoms. The molecule has 0 aromatic rings. The minimum atomic E-state index is 0.685. The summed E-state index contributed by atoms with van der Waals surface area (Å²) in [5.41, 5.74) is 0. The minimum Gasteiger partial charge on any atom is -0.292 e. The molecule has 2 atom stereocenters. The molecule has 11 heavy (non-hydrogen) atoms. The van der Waals surface area contributed by atoms with Gasteiger partial charge in [-0.15, -0.1) is 0 Å². The molecule has 0 aliphatic heterocycles. The van der Waals surface area contributed by atoms with E-state index >= 15 is 0 Å². The third kappa shape index (κ3) is 3.74. The Hall–Kier alpha value is 0.690. The van der Waals surface area contributed by atoms with Crippen LogP contribution in [0.25, 0.3) is 0 Å². The first-order valence-electron chi connectivity index (χ1n) is 4.36. The summed E-state index contributed by atoms with van der Waals surface area (Å²) in [5.74, 6) is 0.754. The zero-order valence-electron chi connectivity index (χ0n) is 8.26. The van der Waals surface area contributed by atoms with E-state index in [0.29, 0.717) is 10.1 Å². The van der Waals surface area contributed by atoms with Gasteiger partial charge in [0.05, 0.1) is 4.05 Å². The number of rotatable bonds is 4. The predicted molar refractivity (Wildman–Crippen MR) is 60.2 cm³/mol. The molecule has 0 saturated heterocycles. The van der Waals surface area contributed by atoms with E-state index in [2.05, 4.69) is 62.2 Å². The molecule has 0 aromatic heterocycles. The van der Waals surface area contributed by atoms with E-state index in [4.69, 9.17) is 0 Å². The zero-order valence-corrected chi connectivity index (χ0v) is 10.4. The van der Waals surface area contributed by atoms with Crippen LogP contribution in [0.15, 0.2) is 0 Å². The van der Waals surface area contributed by atoms with Crippen LogP contribution in [0.3, 0.4) is 0 Å². The SMILES string of the molecule is CCC(I)N(C)C(C)C(C)C. The maximum Gasteiger partial charge on any atom is 0.0615 e. The van der Waals surface area contributed by atoms with E-state index < -0.39 is 0 Å². The topological polar surface area (TPSA) is 3.24 Å². The van der Waals surface area contributed by atoms with E-state index in [0.717, 1.165) is 5.92 Å². The van der Waals surface area contributed by atoms with Crippen LogP contribution in [0, 0.1) is 5.92 Å². The van der Waals surface area contributed by atoms with Crippen molar-refractivity contribution < 1.29 is 0 Å². The smallest absolute Gasteiger partial charge is 0.0615 e. The van der Waals surface area contributed by atoms with Crippen molar-refractivity contribution in [3.8, 4) is 0 Å². The van der Waals surface area contributed by atoms with Crippen molar-refractivity contribution in [3.05, 3.63) is 0 Å². The van der Waals surface area contributed by atoms with Crippen molar-refractivity contribution in [2.24, 2.45) is 5.92 Å². The Morgan fingerprint density at radius 3 is 2.00 bits per heavy atom. The Morgan fingerprint density at radius 2 is 1.73 bits per heavy atom. The molecule has 0 saturated carbocycles. The molecule has 0 fully saturated rings. The molecular formula is C9H20IN. The van der Waals surface area contributed by atoms with Crippen molar-refractivity contribution in [1.82, 2.24) is 4.90 Å². The first-order chi connectivity index (χ1) is 5.00. The molecule has 0 spiro atoms. The lowest BCUT2D eigenvalue weighted by molar-refractivity contribution is 0.199. The van der Waals surface area contributed by atoms with Crippen LogP contribution in [-0.4, -0.2) is 22.0 Å². The normalized spacial score (nSPS) is 17.5. The zero-order chi connectivity index (χ0) is 9.02. The quantitative estimate of drug-likeness (QED) is 0.430. The van der Waals surface area contributed by atoms with Crippen LogP contribution in [0.4, 0.5) is 0 Å². The van der Waals surface area contributed by atoms with Crippen molar-refractivity contribution in [2.45, 2.75) is 44.2 Å². The second-order valence-electron chi connectivity index (χ2n) is 3.49. The van der Waals surface area contributed by atoms with E-state index in [1.54, 1.807) is 0 Å². The van der Waals surface area contributed by atoms with Crippen molar-refractivity contribution in [2.75, 3.05) is 7.05 Å². The molecular weight excluding hydrogens is 249 g/mol. The molecule has 0 N–H and O–H groups in total. The second kappa shape index (κ2) is 5.36. The summed E-state index contributed by atoms with van der Waals surface area (Å²) >= 11 is 2.51. The van der Waals surface area contributed by atoms with Crippen molar-refractivity contribution in [3.63, 3.8) is 0 Å². The molecule has 2 unspecified atom stereocenters. The summed E-state index contributed by atoms with van der Waals surface area (Å²) in [6.45, 7) is 9.09. The Labute approximate surface area is 84.7 Å². The van der Waals surface area contributed by atoms with Gasteiger partial charge in [0.1, 0.15) is 0 Å². The number of hydrogen-bond acceptors (Lipinski definition) is 1. The molecule has 0 aliphatic rings. The van der Waals surface area contributed by atoms with Gasteiger partial charge in [0.25, 0.3) is 0 Å². The van der Waals surface area contributed by atoms with Crippen LogP contribution >= 0.6 is 22.6 Å². The third-order valence-corrected chi connectivity index (χ3v) is 4.15. The highest BCUT2D eigenvalue weighted by Crippen LogP contribution is 2.17. The molecule has 0 aromatic carbocycles. The Morgan fingerprint density at radius 1 is 1.27 bits per heavy atom. The fourth-order valence-electron chi connectivity index (χ4n) is 1.01. The molecule has 1 nitrogen and oxygen atoms in total. The van der Waals surface area contributed by atoms with Gasteiger partial charge in [0.15, 0.2) is 0 Å². The maximum atomic E-state index is 2.51. The van der Waals surface area contributed by atoms with Crippen LogP contribution in [0.1, 0.15) is 34.1 Å². The summed E-state index contributed by atoms with van der Waals surface area (Å²) in [6, 6.07) is 0.692. The van der Waals surface area contributed by atoms with E-state index in [1.165, 1.54) is 6.42 Å². The first-order valence-corrected chi connectivity index (χ1v) is 5.61. The molecule has 0 radical (unpaired) electrons. The summed E-state index contributed by atoms with van der Waals surface area (Å²) in [5, 5.41) is 0. The van der Waals surface area contributed by atoms with Crippen molar-refractivity contribution >= 4 is 22.6 Å². The van der Waals surface area contributed by atoms with Crippen LogP contribution < -0.4 is 0 Å². The van der Waals surface area contributed by atoms with Gasteiger partial charge in [-0.2, -0.15) is 0 Å². The van der Waals surface area contributed by atoms with Crippen molar-refractivity contribution in [1.29, 1.82) is 0 Å². The predicted octanol–water partition coefficient (Wildman–Crippen LogP) is 3.13. The summed E-state index contributed by atoms with van der Waals surface area (Å²) in [6.07, 6.45) is 1.23. The fourth-order valence-corrected chi connectivity index (χ4v) is 1.52. The van der Waals surface area contributed by atoms with Gasteiger partial charge in [-0.3, -0.25) is 4.90 Å². The highest BCUT2D eigenvalue weighted by atomic mass is 127. The highest BCUT2D eigenvalue weighted by molar-refractivity contribution is 14.1. The minimum absolute atomic E-state index is 0.685. The fraction of sp³-hybridized carbons (Fsp3) is 1.00. The van der Waals surface area contributed by atoms with E-state index in [-0.39, 0.29) is 0 Å². The number of nitrogens with zero attached hydrogens (tertiary/aromatic N) is 1. The lowest BCUT2D eigenvalue weighted by Gasteiger charge is -2.31. The van der Waals surface area contributed by atoms with E-state index in [9.17, 15) is 0 Å². The molecule has 0 amide bonds. The summed E-state index contributed by atoms with van der Waals surface area (Å²) in [7, 11) is 2.21. The highest BCUT2D eigenvalue weighted by Gasteiger charge is 2.17. The molecule has 68 valence electrons. The van der Waals surface area contributed by atoms with Gasteiger partial charge in [-0.25, -0.2) is 0 Å². The molecule has 0 aliphatic carbocycles. The average Bonchev–Trinajstić information content (AvgIpc) is 2.00. The number of hydrogen-bond donors (Lipinski definition) is 0. The van der Waals surface area contributed by atoms with Crippen LogP contribution in [-0.2, 0) is 0 Å². The number of alkyl halides is 1. The largest absolute Gasteiger partial charge is 0.292 e. The first kappa shape index (κ1) is 11.7. The van der Waals surface area contributed by atoms with Gasteiger partial charge < -0.3 is 0 Å². The second-order valence-corrected chi connectivity index (χ2v) is 4.93. The maximum absolute atomic E-state index is 2.51. The standard InChI is InChI=1S/C9H20IN/c1-6-9(10)11(5)8(4)7(2)3/h7-9H,6H2,1-5H3. The Bertz CT molecular complexity index is 104. The van der Waals surface area contributed by atoms with Gasteiger partial charge in [0.2, 0.25) is 0 Å². The molecule has 0 heterocycles. The van der Waals surface area contributed by atoms with Gasteiger partial charge in [-0.1, -0.05) is 43.4 Å². The monoisotopic (exact) mass is 269 g/mol. The van der Waals surface area contributed by atoms with Gasteiger partial charge in [-0.05, 0) is 26.3 Å². The molecule has 2 heteroatoms. The van der Waals surface area contributed by atoms with Crippen LogP contribution in [0.5, 0.6) is 0 Å². The summed E-state index contributed by atoms with van der Waals surface area (Å²) in [4.78, 5) is 2.45. The Kier molecular flexibility index (Phi) is 5.69. The average molecular weight is 269 g/mol. The lowest BCUT2D eigenvalue weighted by atomic mass is 10.1. The lowest BCUT2D eigenvalue weighted by Crippen LogP contribution is -2.37. The van der Waals surface area contributed by atoms with Crippen LogP contribution in [0.2, 0.25) is 0 Å². The number of halogens is 1.